The molecular weight excluding hydrogens is 603 g/mol. The summed E-state index contributed by atoms with van der Waals surface area (Å²) in [6, 6.07) is 18.4. The van der Waals surface area contributed by atoms with Crippen molar-refractivity contribution in [2.75, 3.05) is 13.7 Å². The van der Waals surface area contributed by atoms with Crippen LogP contribution in [0.5, 0.6) is 11.5 Å². The fraction of sp³-hybridized carbons (Fsp3) is 0.200. The minimum atomic E-state index is -0.574. The van der Waals surface area contributed by atoms with Crippen LogP contribution in [0.15, 0.2) is 70.3 Å². The number of para-hydroxylation sites is 1. The van der Waals surface area contributed by atoms with E-state index in [-0.39, 0.29) is 18.1 Å². The molecule has 12 heteroatoms. The van der Waals surface area contributed by atoms with Gasteiger partial charge in [0.2, 0.25) is 6.54 Å². The van der Waals surface area contributed by atoms with E-state index in [1.165, 1.54) is 18.9 Å². The van der Waals surface area contributed by atoms with Crippen LogP contribution in [0, 0.1) is 17.0 Å². The van der Waals surface area contributed by atoms with Crippen LogP contribution < -0.4 is 9.47 Å². The molecule has 0 saturated heterocycles. The first-order valence-corrected chi connectivity index (χ1v) is 13.4. The second-order valence-electron chi connectivity index (χ2n) is 7.89. The van der Waals surface area contributed by atoms with Gasteiger partial charge in [0, 0.05) is 10.6 Å². The molecule has 0 amide bonds. The summed E-state index contributed by atoms with van der Waals surface area (Å²) in [5, 5.41) is 21.0. The molecule has 0 fully saturated rings. The van der Waals surface area contributed by atoms with E-state index >= 15 is 0 Å². The third kappa shape index (κ3) is 6.56. The van der Waals surface area contributed by atoms with Crippen molar-refractivity contribution >= 4 is 50.9 Å². The van der Waals surface area contributed by atoms with Crippen molar-refractivity contribution in [3.05, 3.63) is 102 Å². The van der Waals surface area contributed by atoms with Gasteiger partial charge >= 0.3 is 0 Å². The molecule has 0 bridgehead atoms. The molecule has 4 rings (SSSR count). The molecule has 192 valence electrons. The lowest BCUT2D eigenvalue weighted by Gasteiger charge is -2.18. The van der Waals surface area contributed by atoms with Crippen LogP contribution in [0.4, 0.5) is 0 Å². The van der Waals surface area contributed by atoms with Gasteiger partial charge in [-0.3, -0.25) is 14.7 Å². The van der Waals surface area contributed by atoms with Crippen LogP contribution in [0.1, 0.15) is 22.2 Å². The zero-order valence-electron chi connectivity index (χ0n) is 19.7. The van der Waals surface area contributed by atoms with Crippen LogP contribution in [0.25, 0.3) is 5.69 Å². The molecule has 0 aliphatic carbocycles. The third-order valence-corrected chi connectivity index (χ3v) is 7.87. The molecular formula is C25H21BrCl2N4O4S. The molecule has 0 saturated carbocycles. The Morgan fingerprint density at radius 3 is 2.54 bits per heavy atom. The van der Waals surface area contributed by atoms with Crippen LogP contribution in [0.2, 0.25) is 10.0 Å². The van der Waals surface area contributed by atoms with Gasteiger partial charge in [0.15, 0.2) is 16.7 Å². The third-order valence-electron chi connectivity index (χ3n) is 5.36. The van der Waals surface area contributed by atoms with Gasteiger partial charge in [-0.15, -0.1) is 10.2 Å². The summed E-state index contributed by atoms with van der Waals surface area (Å²) in [6.45, 7) is 1.73. The van der Waals surface area contributed by atoms with Crippen molar-refractivity contribution < 1.29 is 14.4 Å². The van der Waals surface area contributed by atoms with Crippen molar-refractivity contribution in [2.45, 2.75) is 23.9 Å². The monoisotopic (exact) mass is 622 g/mol. The van der Waals surface area contributed by atoms with E-state index in [4.69, 9.17) is 32.7 Å². The van der Waals surface area contributed by atoms with E-state index in [2.05, 4.69) is 26.1 Å². The zero-order chi connectivity index (χ0) is 26.5. The maximum Gasteiger partial charge on any atom is 0.220 e. The largest absolute Gasteiger partial charge is 0.493 e. The topological polar surface area (TPSA) is 92.3 Å². The van der Waals surface area contributed by atoms with Gasteiger partial charge in [0.05, 0.1) is 21.6 Å². The lowest BCUT2D eigenvalue weighted by molar-refractivity contribution is -0.479. The number of aryl methyl sites for hydroxylation is 1. The van der Waals surface area contributed by atoms with Crippen molar-refractivity contribution in [2.24, 2.45) is 0 Å². The first-order chi connectivity index (χ1) is 17.8. The number of benzene rings is 3. The van der Waals surface area contributed by atoms with Gasteiger partial charge in [-0.1, -0.05) is 59.2 Å². The highest BCUT2D eigenvalue weighted by Gasteiger charge is 2.26. The van der Waals surface area contributed by atoms with E-state index in [1.54, 1.807) is 24.3 Å². The fourth-order valence-electron chi connectivity index (χ4n) is 3.62. The van der Waals surface area contributed by atoms with Gasteiger partial charge in [-0.05, 0) is 70.4 Å². The number of nitrogens with zero attached hydrogens (tertiary/aromatic N) is 4. The molecule has 0 unspecified atom stereocenters. The second kappa shape index (κ2) is 12.2. The van der Waals surface area contributed by atoms with Crippen molar-refractivity contribution in [1.82, 2.24) is 14.8 Å². The summed E-state index contributed by atoms with van der Waals surface area (Å²) in [7, 11) is 1.52. The summed E-state index contributed by atoms with van der Waals surface area (Å²) in [5.41, 5.74) is 2.37. The molecule has 1 heterocycles. The number of hydrogen-bond acceptors (Lipinski definition) is 7. The number of methoxy groups -OCH3 is 1. The van der Waals surface area contributed by atoms with E-state index in [1.807, 2.05) is 47.9 Å². The average molecular weight is 624 g/mol. The number of thioether (sulfide) groups is 1. The highest BCUT2D eigenvalue weighted by Crippen LogP contribution is 2.43. The second-order valence-corrected chi connectivity index (χ2v) is 10.7. The highest BCUT2D eigenvalue weighted by molar-refractivity contribution is 9.10. The molecule has 37 heavy (non-hydrogen) atoms. The summed E-state index contributed by atoms with van der Waals surface area (Å²) in [5.74, 6) is 1.57. The smallest absolute Gasteiger partial charge is 0.220 e. The van der Waals surface area contributed by atoms with Crippen molar-refractivity contribution in [1.29, 1.82) is 0 Å². The quantitative estimate of drug-likeness (QED) is 0.104. The first-order valence-electron chi connectivity index (χ1n) is 11.0. The van der Waals surface area contributed by atoms with Crippen LogP contribution in [-0.2, 0) is 6.61 Å². The number of nitro groups is 1. The maximum atomic E-state index is 11.6. The molecule has 0 aliphatic rings. The van der Waals surface area contributed by atoms with E-state index in [9.17, 15) is 10.1 Å². The predicted molar refractivity (Wildman–Crippen MR) is 148 cm³/mol. The standard InChI is InChI=1S/C25H21BrCl2N4O4S/c1-15-29-30-25(32(15)18-6-4-3-5-7-18)37-23(13-31(33)34)17-11-19(26)24(22(12-17)35-2)36-14-16-8-9-20(27)21(28)10-16/h3-12,23H,13-14H2,1-2H3/t23-/m1/s1. The fourth-order valence-corrected chi connectivity index (χ4v) is 5.67. The minimum absolute atomic E-state index is 0.220. The molecule has 8 nitrogen and oxygen atoms in total. The number of hydrogen-bond donors (Lipinski definition) is 0. The van der Waals surface area contributed by atoms with Crippen molar-refractivity contribution in [3.63, 3.8) is 0 Å². The normalized spacial score (nSPS) is 11.8. The Hall–Kier alpha value is -2.79. The summed E-state index contributed by atoms with van der Waals surface area (Å²) >= 11 is 16.9. The van der Waals surface area contributed by atoms with Gasteiger partial charge in [-0.2, -0.15) is 0 Å². The average Bonchev–Trinajstić information content (AvgIpc) is 3.24. The van der Waals surface area contributed by atoms with E-state index < -0.39 is 5.25 Å². The Bertz CT molecular complexity index is 1420. The minimum Gasteiger partial charge on any atom is -0.493 e. The van der Waals surface area contributed by atoms with E-state index in [0.717, 1.165) is 11.3 Å². The van der Waals surface area contributed by atoms with Gasteiger partial charge in [0.25, 0.3) is 0 Å². The highest BCUT2D eigenvalue weighted by atomic mass is 79.9. The Morgan fingerprint density at radius 2 is 1.86 bits per heavy atom. The SMILES string of the molecule is COc1cc([C@@H](C[N+](=O)[O-])Sc2nnc(C)n2-c2ccccc2)cc(Br)c1OCc1ccc(Cl)c(Cl)c1. The number of halogens is 3. The number of ether oxygens (including phenoxy) is 2. The molecule has 0 radical (unpaired) electrons. The number of rotatable bonds is 10. The van der Waals surface area contributed by atoms with Crippen LogP contribution >= 0.6 is 50.9 Å². The molecule has 3 aromatic carbocycles. The molecule has 1 aromatic heterocycles. The molecule has 0 spiro atoms. The maximum absolute atomic E-state index is 11.6. The summed E-state index contributed by atoms with van der Waals surface area (Å²) in [4.78, 5) is 11.3. The predicted octanol–water partition coefficient (Wildman–Crippen LogP) is 7.34. The van der Waals surface area contributed by atoms with Gasteiger partial charge in [-0.25, -0.2) is 0 Å². The van der Waals surface area contributed by atoms with Crippen LogP contribution in [0.3, 0.4) is 0 Å². The first kappa shape index (κ1) is 27.3. The zero-order valence-corrected chi connectivity index (χ0v) is 23.6. The Balaban J connectivity index is 1.64. The lowest BCUT2D eigenvalue weighted by atomic mass is 10.1. The van der Waals surface area contributed by atoms with Gasteiger partial charge in [0.1, 0.15) is 17.7 Å². The Morgan fingerprint density at radius 1 is 1.11 bits per heavy atom. The molecule has 1 atom stereocenters. The molecule has 0 N–H and O–H groups in total. The van der Waals surface area contributed by atoms with Crippen molar-refractivity contribution in [3.8, 4) is 17.2 Å². The lowest BCUT2D eigenvalue weighted by Crippen LogP contribution is -2.12. The molecule has 0 aliphatic heterocycles. The van der Waals surface area contributed by atoms with E-state index in [0.29, 0.717) is 42.6 Å². The Kier molecular flexibility index (Phi) is 8.96. The summed E-state index contributed by atoms with van der Waals surface area (Å²) in [6.07, 6.45) is 0. The Labute approximate surface area is 236 Å². The summed E-state index contributed by atoms with van der Waals surface area (Å²) < 4.78 is 14.1. The number of aromatic nitrogens is 3. The van der Waals surface area contributed by atoms with Gasteiger partial charge < -0.3 is 9.47 Å². The molecule has 4 aromatic rings. The van der Waals surface area contributed by atoms with Crippen LogP contribution in [-0.4, -0.2) is 33.3 Å².